The molecule has 3 N–H and O–H groups in total. The lowest BCUT2D eigenvalue weighted by atomic mass is 9.85. The second-order valence-corrected chi connectivity index (χ2v) is 23.1. The fraction of sp³-hybridized carbons (Fsp3) is 0.667. The summed E-state index contributed by atoms with van der Waals surface area (Å²) >= 11 is 8.63. The standard InChI is InChI=1S/C51H72ClN7O11S/c1-12-30-23-51(30,45(62)65-11)57-43(60)37-21-33(24-59(37)44(61)42(49(5,6)7)56-47(63)69-32-15-13-14-29(4)20-32)68-39-22-35(36-27-71-46(55-36)53-28(2)3)54-41-34(39)16-17-38(40(41)52)67-26-31-25-66-19-18-58(31)48(64)70-50(8,9)10/h16-17,22,27-33,37,42H,12-15,18-21,23-26H2,1-11H3,(H,53,55)(H,56,63)(H,57,60)/t29-,30-,31-,32-,33-,37+,42-,51-/m1/s1. The van der Waals surface area contributed by atoms with Crippen molar-refractivity contribution in [2.24, 2.45) is 17.3 Å². The highest BCUT2D eigenvalue weighted by Crippen LogP contribution is 2.47. The number of carbonyl (C=O) groups excluding carboxylic acids is 5. The van der Waals surface area contributed by atoms with E-state index in [4.69, 9.17) is 50.0 Å². The number of fused-ring (bicyclic) bond motifs is 1. The van der Waals surface area contributed by atoms with E-state index in [0.29, 0.717) is 70.8 Å². The molecule has 8 atom stereocenters. The van der Waals surface area contributed by atoms with Crippen LogP contribution in [0.25, 0.3) is 22.3 Å². The molecule has 390 valence electrons. The zero-order chi connectivity index (χ0) is 51.6. The molecule has 4 aliphatic rings. The molecule has 71 heavy (non-hydrogen) atoms. The van der Waals surface area contributed by atoms with Crippen LogP contribution in [0.5, 0.6) is 11.5 Å². The number of nitrogens with zero attached hydrogens (tertiary/aromatic N) is 4. The molecular formula is C51H72ClN7O11S. The van der Waals surface area contributed by atoms with Gasteiger partial charge in [-0.1, -0.05) is 59.1 Å². The zero-order valence-electron chi connectivity index (χ0n) is 43.0. The Morgan fingerprint density at radius 3 is 2.42 bits per heavy atom. The first kappa shape index (κ1) is 53.7. The summed E-state index contributed by atoms with van der Waals surface area (Å²) in [5.74, 6) is -0.650. The Morgan fingerprint density at radius 2 is 1.76 bits per heavy atom. The molecule has 0 unspecified atom stereocenters. The number of anilines is 1. The van der Waals surface area contributed by atoms with Crippen LogP contribution in [-0.2, 0) is 33.3 Å². The summed E-state index contributed by atoms with van der Waals surface area (Å²) < 4.78 is 35.7. The number of thiazole rings is 1. The lowest BCUT2D eigenvalue weighted by molar-refractivity contribution is -0.148. The van der Waals surface area contributed by atoms with E-state index in [0.717, 1.165) is 25.7 Å². The van der Waals surface area contributed by atoms with Crippen LogP contribution < -0.4 is 25.4 Å². The van der Waals surface area contributed by atoms with Gasteiger partial charge < -0.3 is 49.3 Å². The first-order valence-corrected chi connectivity index (χ1v) is 26.2. The van der Waals surface area contributed by atoms with Crippen molar-refractivity contribution >= 4 is 68.9 Å². The van der Waals surface area contributed by atoms with Gasteiger partial charge in [-0.3, -0.25) is 14.5 Å². The maximum atomic E-state index is 15.0. The van der Waals surface area contributed by atoms with Gasteiger partial charge in [0.1, 0.15) is 64.3 Å². The Morgan fingerprint density at radius 1 is 1.00 bits per heavy atom. The second-order valence-electron chi connectivity index (χ2n) is 21.8. The Hall–Kier alpha value is -5.14. The quantitative estimate of drug-likeness (QED) is 0.0966. The average molecular weight is 1030 g/mol. The number of benzene rings is 1. The molecule has 20 heteroatoms. The fourth-order valence-corrected chi connectivity index (χ4v) is 10.8. The molecule has 0 radical (unpaired) electrons. The first-order chi connectivity index (χ1) is 33.5. The van der Waals surface area contributed by atoms with E-state index in [1.54, 1.807) is 23.1 Å². The summed E-state index contributed by atoms with van der Waals surface area (Å²) in [5, 5.41) is 12.5. The molecule has 4 fully saturated rings. The van der Waals surface area contributed by atoms with E-state index in [9.17, 15) is 19.2 Å². The molecule has 4 heterocycles. The Kier molecular flexibility index (Phi) is 16.6. The summed E-state index contributed by atoms with van der Waals surface area (Å²) in [5.41, 5.74) is -1.39. The van der Waals surface area contributed by atoms with E-state index >= 15 is 4.79 Å². The molecule has 4 amide bonds. The number of esters is 1. The summed E-state index contributed by atoms with van der Waals surface area (Å²) in [4.78, 5) is 82.4. The highest BCUT2D eigenvalue weighted by atomic mass is 35.5. The highest BCUT2D eigenvalue weighted by molar-refractivity contribution is 7.14. The Bertz CT molecular complexity index is 2440. The van der Waals surface area contributed by atoms with Gasteiger partial charge in [-0.15, -0.1) is 11.3 Å². The number of methoxy groups -OCH3 is 1. The molecule has 2 aromatic heterocycles. The Labute approximate surface area is 425 Å². The van der Waals surface area contributed by atoms with Crippen molar-refractivity contribution in [2.75, 3.05) is 45.3 Å². The summed E-state index contributed by atoms with van der Waals surface area (Å²) in [6.07, 6.45) is 2.37. The summed E-state index contributed by atoms with van der Waals surface area (Å²) in [6.45, 7) is 20.0. The van der Waals surface area contributed by atoms with Gasteiger partial charge in [0.05, 0.1) is 44.1 Å². The number of nitrogens with one attached hydrogen (secondary N) is 3. The van der Waals surface area contributed by atoms with E-state index in [2.05, 4.69) is 22.9 Å². The minimum Gasteiger partial charge on any atom is -0.490 e. The molecule has 3 aromatic rings. The molecule has 1 aromatic carbocycles. The maximum Gasteiger partial charge on any atom is 0.410 e. The molecule has 2 saturated carbocycles. The van der Waals surface area contributed by atoms with Crippen molar-refractivity contribution in [3.63, 3.8) is 0 Å². The molecule has 2 aliphatic heterocycles. The molecular weight excluding hydrogens is 954 g/mol. The van der Waals surface area contributed by atoms with Crippen LogP contribution in [0, 0.1) is 17.3 Å². The minimum absolute atomic E-state index is 0.0394. The third kappa shape index (κ3) is 12.7. The van der Waals surface area contributed by atoms with Crippen LogP contribution >= 0.6 is 22.9 Å². The van der Waals surface area contributed by atoms with Crippen molar-refractivity contribution in [1.29, 1.82) is 0 Å². The molecule has 2 saturated heterocycles. The average Bonchev–Trinajstić information content (AvgIpc) is 3.56. The van der Waals surface area contributed by atoms with Crippen molar-refractivity contribution in [3.8, 4) is 22.9 Å². The van der Waals surface area contributed by atoms with Crippen LogP contribution in [0.2, 0.25) is 5.02 Å². The lowest BCUT2D eigenvalue weighted by Crippen LogP contribution is -2.59. The van der Waals surface area contributed by atoms with Gasteiger partial charge in [0.15, 0.2) is 5.13 Å². The Balaban J connectivity index is 1.21. The summed E-state index contributed by atoms with van der Waals surface area (Å²) in [7, 11) is 1.29. The van der Waals surface area contributed by atoms with Gasteiger partial charge in [0, 0.05) is 35.8 Å². The molecule has 0 spiro atoms. The number of pyridine rings is 1. The predicted molar refractivity (Wildman–Crippen MR) is 270 cm³/mol. The number of hydrogen-bond donors (Lipinski definition) is 3. The zero-order valence-corrected chi connectivity index (χ0v) is 44.6. The lowest BCUT2D eigenvalue weighted by Gasteiger charge is -2.36. The largest absolute Gasteiger partial charge is 0.490 e. The highest BCUT2D eigenvalue weighted by Gasteiger charge is 2.62. The summed E-state index contributed by atoms with van der Waals surface area (Å²) in [6, 6.07) is 2.71. The van der Waals surface area contributed by atoms with Crippen molar-refractivity contribution in [2.45, 2.75) is 162 Å². The third-order valence-corrected chi connectivity index (χ3v) is 14.6. The minimum atomic E-state index is -1.22. The molecule has 7 rings (SSSR count). The maximum absolute atomic E-state index is 15.0. The predicted octanol–water partition coefficient (Wildman–Crippen LogP) is 8.37. The number of halogens is 1. The van der Waals surface area contributed by atoms with Gasteiger partial charge in [-0.05, 0) is 89.7 Å². The number of likely N-dealkylation sites (tertiary alicyclic amines) is 1. The third-order valence-electron chi connectivity index (χ3n) is 13.5. The fourth-order valence-electron chi connectivity index (χ4n) is 9.71. The van der Waals surface area contributed by atoms with Crippen molar-refractivity contribution in [3.05, 3.63) is 28.6 Å². The SMILES string of the molecule is CC[C@@H]1C[C@]1(NC(=O)[C@@H]1C[C@@H](Oc2cc(-c3csc(NC(C)C)n3)nc3c(Cl)c(OC[C@H]4COCCN4C(=O)OC(C)(C)C)ccc23)CN1C(=O)[C@@H](NC(=O)O[C@@H]1CCC[C@@H](C)C1)C(C)(C)C)C(=O)OC. The van der Waals surface area contributed by atoms with Gasteiger partial charge >= 0.3 is 18.2 Å². The van der Waals surface area contributed by atoms with Crippen molar-refractivity contribution < 1.29 is 52.4 Å². The number of carbonyl (C=O) groups is 5. The van der Waals surface area contributed by atoms with E-state index in [1.165, 1.54) is 23.3 Å². The molecule has 0 bridgehead atoms. The number of rotatable bonds is 15. The van der Waals surface area contributed by atoms with E-state index in [-0.39, 0.29) is 49.3 Å². The molecule has 2 aliphatic carbocycles. The number of alkyl carbamates (subject to hydrolysis) is 1. The normalized spacial score (nSPS) is 25.0. The van der Waals surface area contributed by atoms with Gasteiger partial charge in [-0.2, -0.15) is 0 Å². The number of hydrogen-bond acceptors (Lipinski definition) is 15. The number of aromatic nitrogens is 2. The van der Waals surface area contributed by atoms with E-state index < -0.39 is 70.8 Å². The van der Waals surface area contributed by atoms with Crippen LogP contribution in [0.15, 0.2) is 23.6 Å². The number of morpholine rings is 1. The van der Waals surface area contributed by atoms with Crippen molar-refractivity contribution in [1.82, 2.24) is 30.4 Å². The van der Waals surface area contributed by atoms with Crippen LogP contribution in [0.1, 0.15) is 114 Å². The number of ether oxygens (including phenoxy) is 6. The van der Waals surface area contributed by atoms with Gasteiger partial charge in [0.2, 0.25) is 11.8 Å². The second kappa shape index (κ2) is 21.9. The number of amides is 4. The van der Waals surface area contributed by atoms with Crippen LogP contribution in [0.3, 0.4) is 0 Å². The molecule has 18 nitrogen and oxygen atoms in total. The first-order valence-electron chi connectivity index (χ1n) is 24.9. The van der Waals surface area contributed by atoms with Gasteiger partial charge in [-0.25, -0.2) is 24.4 Å². The monoisotopic (exact) mass is 1030 g/mol. The van der Waals surface area contributed by atoms with Gasteiger partial charge in [0.25, 0.3) is 0 Å². The van der Waals surface area contributed by atoms with E-state index in [1.807, 2.05) is 67.7 Å². The van der Waals surface area contributed by atoms with Crippen LogP contribution in [-0.4, -0.2) is 137 Å². The van der Waals surface area contributed by atoms with Crippen LogP contribution in [0.4, 0.5) is 14.7 Å². The smallest absolute Gasteiger partial charge is 0.410 e. The topological polar surface area (TPSA) is 209 Å².